The number of piperidine rings is 1. The maximum absolute atomic E-state index is 13.2. The Balaban J connectivity index is 1.35. The Morgan fingerprint density at radius 3 is 2.86 bits per heavy atom. The highest BCUT2D eigenvalue weighted by Crippen LogP contribution is 2.49. The Morgan fingerprint density at radius 2 is 2.05 bits per heavy atom. The minimum atomic E-state index is -0.354. The van der Waals surface area contributed by atoms with Crippen molar-refractivity contribution in [2.45, 2.75) is 56.4 Å². The molecule has 1 fully saturated rings. The van der Waals surface area contributed by atoms with E-state index in [0.29, 0.717) is 17.5 Å². The summed E-state index contributed by atoms with van der Waals surface area (Å²) in [6.45, 7) is 1.85. The van der Waals surface area contributed by atoms with Gasteiger partial charge >= 0.3 is 5.97 Å². The molecule has 1 saturated heterocycles. The number of hydrogen-bond acceptors (Lipinski definition) is 5. The van der Waals surface area contributed by atoms with Crippen molar-refractivity contribution < 1.29 is 9.53 Å². The zero-order valence-corrected chi connectivity index (χ0v) is 21.7. The molecule has 0 saturated carbocycles. The van der Waals surface area contributed by atoms with Crippen LogP contribution in [0.4, 0.5) is 0 Å². The number of carbonyl (C=O) groups excluding carboxylic acids is 1. The first-order chi connectivity index (χ1) is 18.1. The highest BCUT2D eigenvalue weighted by molar-refractivity contribution is 6.30. The molecule has 6 rings (SSSR count). The van der Waals surface area contributed by atoms with Crippen LogP contribution in [0, 0.1) is 0 Å². The molecule has 0 spiro atoms. The number of benzene rings is 2. The second-order valence-electron chi connectivity index (χ2n) is 10.1. The number of hydrogen-bond donors (Lipinski definition) is 2. The molecule has 192 valence electrons. The molecule has 2 N–H and O–H groups in total. The van der Waals surface area contributed by atoms with Crippen molar-refractivity contribution in [3.63, 3.8) is 0 Å². The molecule has 0 aliphatic carbocycles. The summed E-state index contributed by atoms with van der Waals surface area (Å²) in [4.78, 5) is 23.5. The van der Waals surface area contributed by atoms with Crippen molar-refractivity contribution in [3.05, 3.63) is 89.1 Å². The van der Waals surface area contributed by atoms with Crippen LogP contribution in [0.1, 0.15) is 48.2 Å². The van der Waals surface area contributed by atoms with Crippen molar-refractivity contribution in [3.8, 4) is 0 Å². The van der Waals surface area contributed by atoms with Gasteiger partial charge < -0.3 is 19.6 Å². The summed E-state index contributed by atoms with van der Waals surface area (Å²) in [5.74, 6) is -0.181. The number of nitrogens with zero attached hydrogens (tertiary/aromatic N) is 3. The maximum atomic E-state index is 13.2. The number of rotatable bonds is 7. The summed E-state index contributed by atoms with van der Waals surface area (Å²) in [7, 11) is 1.49. The third kappa shape index (κ3) is 4.67. The molecule has 2 aliphatic heterocycles. The van der Waals surface area contributed by atoms with Gasteiger partial charge in [-0.2, -0.15) is 0 Å². The number of aryl methyl sites for hydroxylation is 1. The number of ether oxygens (including phenoxy) is 1. The summed E-state index contributed by atoms with van der Waals surface area (Å²) >= 11 is 6.45. The minimum absolute atomic E-state index is 0.0345. The Labute approximate surface area is 221 Å². The lowest BCUT2D eigenvalue weighted by molar-refractivity contribution is -0.152. The predicted octanol–water partition coefficient (Wildman–Crippen LogP) is 5.04. The third-order valence-electron chi connectivity index (χ3n) is 7.96. The van der Waals surface area contributed by atoms with E-state index in [-0.39, 0.29) is 24.1 Å². The number of esters is 1. The SMILES string of the molecule is COC(=O)[C@@H]1Cc2c([nH]c3ccccc23)[C@H]2C[C@@H](NCCCn3ccnc3)C[C@@H](c3cccc(Cl)c3)N21. The number of methoxy groups -OCH3 is 1. The summed E-state index contributed by atoms with van der Waals surface area (Å²) in [5, 5.41) is 5.74. The molecule has 0 unspecified atom stereocenters. The molecule has 7 nitrogen and oxygen atoms in total. The van der Waals surface area contributed by atoms with Gasteiger partial charge in [0.05, 0.1) is 19.5 Å². The summed E-state index contributed by atoms with van der Waals surface area (Å²) in [6.07, 6.45) is 9.13. The molecule has 0 amide bonds. The number of fused-ring (bicyclic) bond motifs is 5. The fourth-order valence-electron chi connectivity index (χ4n) is 6.34. The fraction of sp³-hybridized carbons (Fsp3) is 0.379. The van der Waals surface area contributed by atoms with E-state index in [0.717, 1.165) is 43.4 Å². The van der Waals surface area contributed by atoms with Crippen molar-refractivity contribution >= 4 is 28.5 Å². The number of nitrogens with one attached hydrogen (secondary N) is 2. The Bertz CT molecular complexity index is 1380. The molecule has 2 aliphatic rings. The van der Waals surface area contributed by atoms with Gasteiger partial charge in [0, 0.05) is 59.1 Å². The molecule has 37 heavy (non-hydrogen) atoms. The number of imidazole rings is 1. The Kier molecular flexibility index (Phi) is 6.76. The van der Waals surface area contributed by atoms with Gasteiger partial charge in [-0.25, -0.2) is 4.98 Å². The lowest BCUT2D eigenvalue weighted by Gasteiger charge is -2.50. The van der Waals surface area contributed by atoms with Gasteiger partial charge in [-0.15, -0.1) is 0 Å². The van der Waals surface area contributed by atoms with E-state index in [1.165, 1.54) is 23.8 Å². The highest BCUT2D eigenvalue weighted by Gasteiger charge is 2.48. The zero-order valence-electron chi connectivity index (χ0n) is 20.9. The smallest absolute Gasteiger partial charge is 0.323 e. The van der Waals surface area contributed by atoms with Crippen LogP contribution in [0.5, 0.6) is 0 Å². The quantitative estimate of drug-likeness (QED) is 0.265. The lowest BCUT2D eigenvalue weighted by atomic mass is 9.79. The number of aromatic nitrogens is 3. The van der Waals surface area contributed by atoms with Gasteiger partial charge in [0.25, 0.3) is 0 Å². The van der Waals surface area contributed by atoms with Gasteiger partial charge in [0.15, 0.2) is 0 Å². The normalized spacial score (nSPS) is 23.5. The average Bonchev–Trinajstić information content (AvgIpc) is 3.58. The molecule has 4 heterocycles. The van der Waals surface area contributed by atoms with Crippen LogP contribution in [0.15, 0.2) is 67.3 Å². The summed E-state index contributed by atoms with van der Waals surface area (Å²) in [5.41, 5.74) is 4.71. The summed E-state index contributed by atoms with van der Waals surface area (Å²) in [6, 6.07) is 16.5. The van der Waals surface area contributed by atoms with Crippen LogP contribution >= 0.6 is 11.6 Å². The maximum Gasteiger partial charge on any atom is 0.323 e. The molecule has 4 atom stereocenters. The topological polar surface area (TPSA) is 75.2 Å². The van der Waals surface area contributed by atoms with Crippen LogP contribution in [-0.4, -0.2) is 51.1 Å². The van der Waals surface area contributed by atoms with E-state index in [2.05, 4.69) is 55.1 Å². The van der Waals surface area contributed by atoms with Crippen molar-refractivity contribution in [1.82, 2.24) is 24.8 Å². The second kappa shape index (κ2) is 10.3. The highest BCUT2D eigenvalue weighted by atomic mass is 35.5. The van der Waals surface area contributed by atoms with Crippen LogP contribution < -0.4 is 5.32 Å². The van der Waals surface area contributed by atoms with Crippen LogP contribution in [0.25, 0.3) is 10.9 Å². The van der Waals surface area contributed by atoms with Crippen LogP contribution in [0.2, 0.25) is 5.02 Å². The van der Waals surface area contributed by atoms with E-state index in [1.807, 2.05) is 36.9 Å². The van der Waals surface area contributed by atoms with E-state index in [1.54, 1.807) is 0 Å². The first-order valence-electron chi connectivity index (χ1n) is 13.0. The fourth-order valence-corrected chi connectivity index (χ4v) is 6.54. The van der Waals surface area contributed by atoms with Gasteiger partial charge in [0.1, 0.15) is 6.04 Å². The molecule has 2 aromatic carbocycles. The van der Waals surface area contributed by atoms with E-state index < -0.39 is 0 Å². The minimum Gasteiger partial charge on any atom is -0.468 e. The zero-order chi connectivity index (χ0) is 25.4. The molecule has 0 radical (unpaired) electrons. The van der Waals surface area contributed by atoms with Gasteiger partial charge in [-0.05, 0) is 55.1 Å². The lowest BCUT2D eigenvalue weighted by Crippen LogP contribution is -2.55. The number of halogens is 1. The molecule has 2 aromatic heterocycles. The average molecular weight is 518 g/mol. The van der Waals surface area contributed by atoms with Crippen LogP contribution in [0.3, 0.4) is 0 Å². The standard InChI is InChI=1S/C29H32ClN5O2/c1-37-29(36)27-17-23-22-8-2-3-9-24(22)33-28(23)26-16-21(32-10-5-12-34-13-11-31-18-34)15-25(35(26)27)19-6-4-7-20(30)14-19/h2-4,6-9,11,13-14,18,21,25-27,32-33H,5,10,12,15-17H2,1H3/t21-,25-,26+,27-/m0/s1. The summed E-state index contributed by atoms with van der Waals surface area (Å²) < 4.78 is 7.46. The molecular weight excluding hydrogens is 486 g/mol. The number of para-hydroxylation sites is 1. The third-order valence-corrected chi connectivity index (χ3v) is 8.20. The largest absolute Gasteiger partial charge is 0.468 e. The van der Waals surface area contributed by atoms with E-state index >= 15 is 0 Å². The molecule has 0 bridgehead atoms. The van der Waals surface area contributed by atoms with Gasteiger partial charge in [0.2, 0.25) is 0 Å². The van der Waals surface area contributed by atoms with Crippen molar-refractivity contribution in [2.75, 3.05) is 13.7 Å². The van der Waals surface area contributed by atoms with E-state index in [4.69, 9.17) is 16.3 Å². The molecule has 8 heteroatoms. The van der Waals surface area contributed by atoms with Crippen molar-refractivity contribution in [1.29, 1.82) is 0 Å². The second-order valence-corrected chi connectivity index (χ2v) is 10.6. The van der Waals surface area contributed by atoms with E-state index in [9.17, 15) is 4.79 Å². The van der Waals surface area contributed by atoms with Crippen molar-refractivity contribution in [2.24, 2.45) is 0 Å². The number of H-pyrrole nitrogens is 1. The first-order valence-corrected chi connectivity index (χ1v) is 13.4. The predicted molar refractivity (Wildman–Crippen MR) is 144 cm³/mol. The number of carbonyl (C=O) groups is 1. The molecule has 4 aromatic rings. The monoisotopic (exact) mass is 517 g/mol. The van der Waals surface area contributed by atoms with Crippen LogP contribution in [-0.2, 0) is 22.5 Å². The number of aromatic amines is 1. The Hall–Kier alpha value is -3.13. The Morgan fingerprint density at radius 1 is 1.19 bits per heavy atom. The van der Waals surface area contributed by atoms with Gasteiger partial charge in [-0.3, -0.25) is 9.69 Å². The molecular formula is C29H32ClN5O2. The first kappa shape index (κ1) is 24.2. The van der Waals surface area contributed by atoms with Gasteiger partial charge in [-0.1, -0.05) is 41.9 Å².